The molecule has 68 valence electrons. The van der Waals surface area contributed by atoms with Gasteiger partial charge in [0.1, 0.15) is 6.07 Å². The lowest BCUT2D eigenvalue weighted by molar-refractivity contribution is 1.25. The molecule has 0 fully saturated rings. The molecule has 2 aromatic rings. The average Bonchev–Trinajstić information content (AvgIpc) is 2.61. The van der Waals surface area contributed by atoms with Crippen molar-refractivity contribution in [3.8, 4) is 16.5 Å². The molecule has 0 N–H and O–H groups in total. The van der Waals surface area contributed by atoms with Gasteiger partial charge in [0.15, 0.2) is 5.69 Å². The average molecular weight is 200 g/mol. The first kappa shape index (κ1) is 8.92. The third-order valence-corrected chi connectivity index (χ3v) is 2.90. The van der Waals surface area contributed by atoms with E-state index < -0.39 is 0 Å². The molecule has 0 saturated carbocycles. The lowest BCUT2D eigenvalue weighted by Gasteiger charge is -1.94. The summed E-state index contributed by atoms with van der Waals surface area (Å²) in [7, 11) is 0. The van der Waals surface area contributed by atoms with Gasteiger partial charge in [-0.3, -0.25) is 0 Å². The Morgan fingerprint density at radius 3 is 2.64 bits per heavy atom. The van der Waals surface area contributed by atoms with Crippen molar-refractivity contribution in [2.75, 3.05) is 0 Å². The summed E-state index contributed by atoms with van der Waals surface area (Å²) in [4.78, 5) is 5.13. The van der Waals surface area contributed by atoms with E-state index in [0.717, 1.165) is 15.4 Å². The molecule has 0 aliphatic heterocycles. The molecule has 1 aromatic carbocycles. The summed E-state index contributed by atoms with van der Waals surface area (Å²) in [6.07, 6.45) is 0. The van der Waals surface area contributed by atoms with Crippen LogP contribution >= 0.6 is 11.3 Å². The largest absolute Gasteiger partial charge is 0.230 e. The van der Waals surface area contributed by atoms with E-state index in [4.69, 9.17) is 5.26 Å². The molecule has 0 radical (unpaired) electrons. The van der Waals surface area contributed by atoms with Gasteiger partial charge in [-0.15, -0.1) is 11.3 Å². The Balaban J connectivity index is 2.58. The second-order valence-electron chi connectivity index (χ2n) is 2.89. The molecule has 14 heavy (non-hydrogen) atoms. The molecule has 2 nitrogen and oxygen atoms in total. The Kier molecular flexibility index (Phi) is 2.30. The van der Waals surface area contributed by atoms with Gasteiger partial charge in [0.25, 0.3) is 0 Å². The summed E-state index contributed by atoms with van der Waals surface area (Å²) < 4.78 is 0. The molecule has 1 aromatic heterocycles. The second kappa shape index (κ2) is 3.60. The van der Waals surface area contributed by atoms with Crippen LogP contribution in [0.3, 0.4) is 0 Å². The number of rotatable bonds is 1. The maximum Gasteiger partial charge on any atom is 0.159 e. The topological polar surface area (TPSA) is 36.7 Å². The monoisotopic (exact) mass is 200 g/mol. The number of aromatic nitrogens is 1. The molecule has 0 spiro atoms. The van der Waals surface area contributed by atoms with Crippen molar-refractivity contribution in [2.45, 2.75) is 6.92 Å². The molecule has 3 heteroatoms. The number of benzene rings is 1. The summed E-state index contributed by atoms with van der Waals surface area (Å²) in [6.45, 7) is 1.91. The highest BCUT2D eigenvalue weighted by Gasteiger charge is 2.09. The summed E-state index contributed by atoms with van der Waals surface area (Å²) in [5.41, 5.74) is 1.59. The third-order valence-electron chi connectivity index (χ3n) is 1.88. The van der Waals surface area contributed by atoms with Crippen LogP contribution in [0.25, 0.3) is 10.4 Å². The van der Waals surface area contributed by atoms with E-state index in [0.29, 0.717) is 5.69 Å². The van der Waals surface area contributed by atoms with E-state index >= 15 is 0 Å². The maximum absolute atomic E-state index is 8.89. The van der Waals surface area contributed by atoms with Gasteiger partial charge in [0, 0.05) is 0 Å². The molecule has 0 aliphatic rings. The van der Waals surface area contributed by atoms with E-state index in [1.165, 1.54) is 0 Å². The number of thiazole rings is 1. The number of nitrogens with zero attached hydrogens (tertiary/aromatic N) is 2. The van der Waals surface area contributed by atoms with Gasteiger partial charge in [0.05, 0.1) is 9.88 Å². The van der Waals surface area contributed by atoms with Gasteiger partial charge in [-0.2, -0.15) is 5.26 Å². The Hall–Kier alpha value is -1.66. The van der Waals surface area contributed by atoms with E-state index in [-0.39, 0.29) is 0 Å². The Bertz CT molecular complexity index is 480. The molecule has 2 rings (SSSR count). The van der Waals surface area contributed by atoms with Crippen molar-refractivity contribution in [3.05, 3.63) is 41.0 Å². The fourth-order valence-electron chi connectivity index (χ4n) is 1.29. The van der Waals surface area contributed by atoms with Crippen LogP contribution in [0.1, 0.15) is 10.7 Å². The van der Waals surface area contributed by atoms with E-state index in [1.54, 1.807) is 11.3 Å². The van der Waals surface area contributed by atoms with Crippen molar-refractivity contribution >= 4 is 11.3 Å². The summed E-state index contributed by atoms with van der Waals surface area (Å²) in [5, 5.41) is 9.82. The maximum atomic E-state index is 8.89. The molecule has 0 unspecified atom stereocenters. The van der Waals surface area contributed by atoms with Gasteiger partial charge in [-0.05, 0) is 12.5 Å². The predicted molar refractivity (Wildman–Crippen MR) is 57.0 cm³/mol. The van der Waals surface area contributed by atoms with Crippen molar-refractivity contribution in [1.82, 2.24) is 4.98 Å². The minimum atomic E-state index is 0.527. The van der Waals surface area contributed by atoms with Crippen molar-refractivity contribution in [1.29, 1.82) is 5.26 Å². The third kappa shape index (κ3) is 1.52. The van der Waals surface area contributed by atoms with Crippen LogP contribution in [0, 0.1) is 18.3 Å². The number of nitriles is 1. The second-order valence-corrected chi connectivity index (χ2v) is 4.09. The fraction of sp³-hybridized carbons (Fsp3) is 0.0909. The van der Waals surface area contributed by atoms with Crippen LogP contribution in [0.2, 0.25) is 0 Å². The van der Waals surface area contributed by atoms with Crippen LogP contribution in [0.5, 0.6) is 0 Å². The van der Waals surface area contributed by atoms with Gasteiger partial charge in [-0.1, -0.05) is 30.3 Å². The van der Waals surface area contributed by atoms with Gasteiger partial charge < -0.3 is 0 Å². The van der Waals surface area contributed by atoms with Crippen molar-refractivity contribution in [2.24, 2.45) is 0 Å². The number of aryl methyl sites for hydroxylation is 1. The quantitative estimate of drug-likeness (QED) is 0.709. The molecule has 0 amide bonds. The Morgan fingerprint density at radius 1 is 1.29 bits per heavy atom. The van der Waals surface area contributed by atoms with Crippen LogP contribution in [0.15, 0.2) is 30.3 Å². The molecule has 1 heterocycles. The van der Waals surface area contributed by atoms with Crippen molar-refractivity contribution in [3.63, 3.8) is 0 Å². The zero-order chi connectivity index (χ0) is 9.97. The first-order valence-corrected chi connectivity index (χ1v) is 5.06. The van der Waals surface area contributed by atoms with Crippen LogP contribution < -0.4 is 0 Å². The van der Waals surface area contributed by atoms with Crippen molar-refractivity contribution < 1.29 is 0 Å². The highest BCUT2D eigenvalue weighted by molar-refractivity contribution is 7.15. The number of hydrogen-bond donors (Lipinski definition) is 0. The lowest BCUT2D eigenvalue weighted by atomic mass is 10.2. The van der Waals surface area contributed by atoms with Crippen LogP contribution in [-0.4, -0.2) is 4.98 Å². The molecule has 0 aliphatic carbocycles. The van der Waals surface area contributed by atoms with E-state index in [2.05, 4.69) is 11.1 Å². The minimum absolute atomic E-state index is 0.527. The van der Waals surface area contributed by atoms with Gasteiger partial charge >= 0.3 is 0 Å². The highest BCUT2D eigenvalue weighted by atomic mass is 32.1. The zero-order valence-electron chi connectivity index (χ0n) is 7.69. The molecule has 0 atom stereocenters. The Labute approximate surface area is 86.5 Å². The minimum Gasteiger partial charge on any atom is -0.230 e. The van der Waals surface area contributed by atoms with Crippen LogP contribution in [0.4, 0.5) is 0 Å². The molecular formula is C11H8N2S. The standard InChI is InChI=1S/C11H8N2S/c1-8-13-10(7-12)11(14-8)9-5-3-2-4-6-9/h2-6H,1H3. The normalized spacial score (nSPS) is 9.71. The highest BCUT2D eigenvalue weighted by Crippen LogP contribution is 2.29. The summed E-state index contributed by atoms with van der Waals surface area (Å²) >= 11 is 1.56. The van der Waals surface area contributed by atoms with E-state index in [1.807, 2.05) is 37.3 Å². The molecular weight excluding hydrogens is 192 g/mol. The SMILES string of the molecule is Cc1nc(C#N)c(-c2ccccc2)s1. The lowest BCUT2D eigenvalue weighted by Crippen LogP contribution is -1.78. The fourth-order valence-corrected chi connectivity index (χ4v) is 2.16. The van der Waals surface area contributed by atoms with E-state index in [9.17, 15) is 0 Å². The summed E-state index contributed by atoms with van der Waals surface area (Å²) in [6, 6.07) is 12.0. The summed E-state index contributed by atoms with van der Waals surface area (Å²) in [5.74, 6) is 0. The molecule has 0 bridgehead atoms. The van der Waals surface area contributed by atoms with Gasteiger partial charge in [-0.25, -0.2) is 4.98 Å². The Morgan fingerprint density at radius 2 is 2.00 bits per heavy atom. The smallest absolute Gasteiger partial charge is 0.159 e. The first-order chi connectivity index (χ1) is 6.81. The number of hydrogen-bond acceptors (Lipinski definition) is 3. The first-order valence-electron chi connectivity index (χ1n) is 4.24. The predicted octanol–water partition coefficient (Wildman–Crippen LogP) is 2.99. The zero-order valence-corrected chi connectivity index (χ0v) is 8.51. The van der Waals surface area contributed by atoms with Gasteiger partial charge in [0.2, 0.25) is 0 Å². The molecule has 0 saturated heterocycles. The van der Waals surface area contributed by atoms with Crippen LogP contribution in [-0.2, 0) is 0 Å².